The number of rotatable bonds is 5. The number of hydrogen-bond acceptors (Lipinski definition) is 3. The molecule has 0 saturated carbocycles. The minimum atomic E-state index is -0.332. The van der Waals surface area contributed by atoms with E-state index in [0.29, 0.717) is 22.2 Å². The summed E-state index contributed by atoms with van der Waals surface area (Å²) in [4.78, 5) is 25.5. The van der Waals surface area contributed by atoms with Crippen LogP contribution >= 0.6 is 23.2 Å². The molecule has 0 atom stereocenters. The highest BCUT2D eigenvalue weighted by molar-refractivity contribution is 6.37. The smallest absolute Gasteiger partial charge is 0.262 e. The average molecular weight is 379 g/mol. The summed E-state index contributed by atoms with van der Waals surface area (Å²) >= 11 is 12.0. The number of carbonyl (C=O) groups is 2. The molecular weight excluding hydrogens is 363 g/mol. The van der Waals surface area contributed by atoms with Gasteiger partial charge >= 0.3 is 0 Å². The molecule has 2 amide bonds. The number of halogens is 2. The molecule has 0 unspecified atom stereocenters. The van der Waals surface area contributed by atoms with Crippen molar-refractivity contribution in [1.29, 1.82) is 0 Å². The molecule has 7 heteroatoms. The Morgan fingerprint density at radius 2 is 1.80 bits per heavy atom. The molecule has 1 fully saturated rings. The molecule has 0 radical (unpaired) electrons. The Kier molecular flexibility index (Phi) is 5.46. The van der Waals surface area contributed by atoms with Crippen LogP contribution < -0.4 is 15.0 Å². The fourth-order valence-electron chi connectivity index (χ4n) is 2.60. The minimum absolute atomic E-state index is 0.127. The first-order valence-electron chi connectivity index (χ1n) is 7.81. The van der Waals surface area contributed by atoms with E-state index in [2.05, 4.69) is 5.32 Å². The average Bonchev–Trinajstić information content (AvgIpc) is 3.01. The van der Waals surface area contributed by atoms with E-state index < -0.39 is 0 Å². The monoisotopic (exact) mass is 378 g/mol. The van der Waals surface area contributed by atoms with Gasteiger partial charge in [0.15, 0.2) is 12.4 Å². The van der Waals surface area contributed by atoms with Crippen molar-refractivity contribution in [3.63, 3.8) is 0 Å². The van der Waals surface area contributed by atoms with Crippen LogP contribution in [0.2, 0.25) is 10.0 Å². The topological polar surface area (TPSA) is 58.6 Å². The predicted octanol–water partition coefficient (Wildman–Crippen LogP) is 4.14. The van der Waals surface area contributed by atoms with Crippen LogP contribution in [0.3, 0.4) is 0 Å². The van der Waals surface area contributed by atoms with Gasteiger partial charge in [-0.2, -0.15) is 0 Å². The van der Waals surface area contributed by atoms with E-state index in [-0.39, 0.29) is 24.2 Å². The lowest BCUT2D eigenvalue weighted by atomic mass is 10.2. The van der Waals surface area contributed by atoms with Crippen LogP contribution in [0.5, 0.6) is 5.75 Å². The Morgan fingerprint density at radius 3 is 2.40 bits per heavy atom. The lowest BCUT2D eigenvalue weighted by Gasteiger charge is -2.16. The standard InChI is InChI=1S/C18H16Cl2N2O3/c19-14-3-1-4-15(20)18(14)25-11-16(23)21-12-6-8-13(9-7-12)22-10-2-5-17(22)24/h1,3-4,6-9H,2,5,10-11H2,(H,21,23). The highest BCUT2D eigenvalue weighted by Gasteiger charge is 2.21. The Morgan fingerprint density at radius 1 is 1.12 bits per heavy atom. The molecule has 3 rings (SSSR count). The number of para-hydroxylation sites is 1. The van der Waals surface area contributed by atoms with Crippen molar-refractivity contribution >= 4 is 46.4 Å². The number of benzene rings is 2. The molecule has 1 aliphatic heterocycles. The lowest BCUT2D eigenvalue weighted by Crippen LogP contribution is -2.23. The second-order valence-electron chi connectivity index (χ2n) is 5.58. The maximum absolute atomic E-state index is 12.0. The molecule has 1 N–H and O–H groups in total. The molecule has 0 spiro atoms. The Labute approximate surface area is 155 Å². The third kappa shape index (κ3) is 4.24. The highest BCUT2D eigenvalue weighted by Crippen LogP contribution is 2.32. The molecule has 1 saturated heterocycles. The first-order valence-corrected chi connectivity index (χ1v) is 8.57. The van der Waals surface area contributed by atoms with Gasteiger partial charge in [-0.25, -0.2) is 0 Å². The van der Waals surface area contributed by atoms with Gasteiger partial charge in [-0.3, -0.25) is 9.59 Å². The van der Waals surface area contributed by atoms with Crippen LogP contribution in [0.25, 0.3) is 0 Å². The van der Waals surface area contributed by atoms with Crippen molar-refractivity contribution < 1.29 is 14.3 Å². The largest absolute Gasteiger partial charge is 0.481 e. The van der Waals surface area contributed by atoms with Crippen LogP contribution in [-0.2, 0) is 9.59 Å². The Balaban J connectivity index is 1.57. The summed E-state index contributed by atoms with van der Waals surface area (Å²) in [5.41, 5.74) is 1.45. The normalized spacial score (nSPS) is 13.8. The fraction of sp³-hybridized carbons (Fsp3) is 0.222. The zero-order chi connectivity index (χ0) is 17.8. The van der Waals surface area contributed by atoms with Gasteiger partial charge in [0, 0.05) is 24.3 Å². The molecule has 2 aromatic carbocycles. The number of nitrogens with one attached hydrogen (secondary N) is 1. The maximum Gasteiger partial charge on any atom is 0.262 e. The van der Waals surface area contributed by atoms with Crippen molar-refractivity contribution in [2.24, 2.45) is 0 Å². The first-order chi connectivity index (χ1) is 12.0. The van der Waals surface area contributed by atoms with Crippen molar-refractivity contribution in [3.05, 3.63) is 52.5 Å². The molecule has 130 valence electrons. The molecular formula is C18H16Cl2N2O3. The van der Waals surface area contributed by atoms with Crippen molar-refractivity contribution in [1.82, 2.24) is 0 Å². The number of carbonyl (C=O) groups excluding carboxylic acids is 2. The first kappa shape index (κ1) is 17.6. The van der Waals surface area contributed by atoms with E-state index in [1.165, 1.54) is 0 Å². The number of nitrogens with zero attached hydrogens (tertiary/aromatic N) is 1. The number of anilines is 2. The number of amides is 2. The van der Waals surface area contributed by atoms with Crippen molar-refractivity contribution in [3.8, 4) is 5.75 Å². The zero-order valence-corrected chi connectivity index (χ0v) is 14.8. The van der Waals surface area contributed by atoms with Crippen molar-refractivity contribution in [2.75, 3.05) is 23.4 Å². The van der Waals surface area contributed by atoms with Crippen LogP contribution in [0.15, 0.2) is 42.5 Å². The molecule has 0 bridgehead atoms. The maximum atomic E-state index is 12.0. The van der Waals surface area contributed by atoms with Gasteiger partial charge in [-0.05, 0) is 42.8 Å². The van der Waals surface area contributed by atoms with Gasteiger partial charge in [0.2, 0.25) is 5.91 Å². The van der Waals surface area contributed by atoms with Crippen LogP contribution in [0.4, 0.5) is 11.4 Å². The van der Waals surface area contributed by atoms with Gasteiger partial charge in [0.25, 0.3) is 5.91 Å². The Bertz CT molecular complexity index is 773. The third-order valence-corrected chi connectivity index (χ3v) is 4.40. The van der Waals surface area contributed by atoms with Crippen LogP contribution in [-0.4, -0.2) is 25.0 Å². The van der Waals surface area contributed by atoms with Gasteiger partial charge in [-0.15, -0.1) is 0 Å². The molecule has 1 aliphatic rings. The number of ether oxygens (including phenoxy) is 1. The number of hydrogen-bond donors (Lipinski definition) is 1. The quantitative estimate of drug-likeness (QED) is 0.850. The summed E-state index contributed by atoms with van der Waals surface area (Å²) in [6.45, 7) is 0.521. The summed E-state index contributed by atoms with van der Waals surface area (Å²) in [6.07, 6.45) is 1.46. The van der Waals surface area contributed by atoms with E-state index in [1.807, 2.05) is 12.1 Å². The predicted molar refractivity (Wildman–Crippen MR) is 98.6 cm³/mol. The molecule has 1 heterocycles. The summed E-state index contributed by atoms with van der Waals surface area (Å²) < 4.78 is 5.39. The van der Waals surface area contributed by atoms with E-state index in [0.717, 1.165) is 18.7 Å². The second kappa shape index (κ2) is 7.76. The molecule has 2 aromatic rings. The summed E-state index contributed by atoms with van der Waals surface area (Å²) in [5.74, 6) is 0.0756. The minimum Gasteiger partial charge on any atom is -0.481 e. The van der Waals surface area contributed by atoms with E-state index in [1.54, 1.807) is 35.2 Å². The second-order valence-corrected chi connectivity index (χ2v) is 6.40. The van der Waals surface area contributed by atoms with Gasteiger partial charge in [0.05, 0.1) is 10.0 Å². The summed E-state index contributed by atoms with van der Waals surface area (Å²) in [6, 6.07) is 12.1. The zero-order valence-electron chi connectivity index (χ0n) is 13.3. The SMILES string of the molecule is O=C(COc1c(Cl)cccc1Cl)Nc1ccc(N2CCCC2=O)cc1. The molecule has 25 heavy (non-hydrogen) atoms. The fourth-order valence-corrected chi connectivity index (χ4v) is 3.11. The van der Waals surface area contributed by atoms with Gasteiger partial charge in [0.1, 0.15) is 0 Å². The van der Waals surface area contributed by atoms with Crippen LogP contribution in [0.1, 0.15) is 12.8 Å². The van der Waals surface area contributed by atoms with E-state index in [4.69, 9.17) is 27.9 Å². The van der Waals surface area contributed by atoms with Gasteiger partial charge in [-0.1, -0.05) is 29.3 Å². The Hall–Kier alpha value is -2.24. The van der Waals surface area contributed by atoms with E-state index in [9.17, 15) is 9.59 Å². The molecule has 0 aliphatic carbocycles. The third-order valence-electron chi connectivity index (χ3n) is 3.80. The molecule has 0 aromatic heterocycles. The van der Waals surface area contributed by atoms with Crippen LogP contribution in [0, 0.1) is 0 Å². The van der Waals surface area contributed by atoms with Crippen molar-refractivity contribution in [2.45, 2.75) is 12.8 Å². The molecule has 5 nitrogen and oxygen atoms in total. The summed E-state index contributed by atoms with van der Waals surface area (Å²) in [7, 11) is 0. The summed E-state index contributed by atoms with van der Waals surface area (Å²) in [5, 5.41) is 3.42. The highest BCUT2D eigenvalue weighted by atomic mass is 35.5. The lowest BCUT2D eigenvalue weighted by molar-refractivity contribution is -0.118. The van der Waals surface area contributed by atoms with E-state index >= 15 is 0 Å². The van der Waals surface area contributed by atoms with Gasteiger partial charge < -0.3 is 15.0 Å².